The molecule has 6 nitrogen and oxygen atoms in total. The second-order valence-electron chi connectivity index (χ2n) is 8.55. The third-order valence-corrected chi connectivity index (χ3v) is 6.95. The maximum absolute atomic E-state index is 12.7. The number of likely N-dealkylation sites (tertiary alicyclic amines) is 1. The van der Waals surface area contributed by atoms with E-state index in [1.54, 1.807) is 0 Å². The van der Waals surface area contributed by atoms with Gasteiger partial charge < -0.3 is 9.64 Å². The van der Waals surface area contributed by atoms with Crippen molar-refractivity contribution in [1.82, 2.24) is 9.62 Å². The predicted octanol–water partition coefficient (Wildman–Crippen LogP) is 2.27. The average Bonchev–Trinajstić information content (AvgIpc) is 3.45. The summed E-state index contributed by atoms with van der Waals surface area (Å²) >= 11 is 0. The molecule has 3 aliphatic rings. The van der Waals surface area contributed by atoms with Crippen LogP contribution in [0.25, 0.3) is 0 Å². The highest BCUT2D eigenvalue weighted by Gasteiger charge is 2.42. The van der Waals surface area contributed by atoms with Crippen molar-refractivity contribution < 1.29 is 17.9 Å². The number of nitrogens with zero attached hydrogens (tertiary/aromatic N) is 1. The molecule has 2 atom stereocenters. The van der Waals surface area contributed by atoms with Gasteiger partial charge in [0.05, 0.1) is 25.0 Å². The second-order valence-corrected chi connectivity index (χ2v) is 10.3. The van der Waals surface area contributed by atoms with Gasteiger partial charge in [0.15, 0.2) is 0 Å². The Morgan fingerprint density at radius 3 is 2.54 bits per heavy atom. The number of piperidine rings is 1. The van der Waals surface area contributed by atoms with Crippen LogP contribution in [0.1, 0.15) is 50.0 Å². The number of carbonyl (C=O) groups excluding carboxylic acids is 1. The molecule has 1 aromatic carbocycles. The number of amides is 1. The fourth-order valence-corrected chi connectivity index (χ4v) is 5.27. The van der Waals surface area contributed by atoms with E-state index in [0.717, 1.165) is 38.5 Å². The van der Waals surface area contributed by atoms with Gasteiger partial charge in [-0.2, -0.15) is 0 Å². The van der Waals surface area contributed by atoms with E-state index in [4.69, 9.17) is 4.74 Å². The van der Waals surface area contributed by atoms with E-state index < -0.39 is 10.0 Å². The minimum atomic E-state index is -3.33. The SMILES string of the molecule is CS(=O)(=O)N[C@H]1CCCN(C(=O)C2CC2)[C@H]1COC1CC(c2ccccc2)C1. The summed E-state index contributed by atoms with van der Waals surface area (Å²) in [6.07, 6.45) is 6.80. The Morgan fingerprint density at radius 1 is 1.18 bits per heavy atom. The van der Waals surface area contributed by atoms with E-state index in [1.165, 1.54) is 11.8 Å². The van der Waals surface area contributed by atoms with Crippen molar-refractivity contribution in [3.8, 4) is 0 Å². The molecule has 28 heavy (non-hydrogen) atoms. The fourth-order valence-electron chi connectivity index (χ4n) is 4.45. The van der Waals surface area contributed by atoms with E-state index >= 15 is 0 Å². The minimum Gasteiger partial charge on any atom is -0.376 e. The van der Waals surface area contributed by atoms with Crippen molar-refractivity contribution in [1.29, 1.82) is 0 Å². The fraction of sp³-hybridized carbons (Fsp3) is 0.667. The lowest BCUT2D eigenvalue weighted by Crippen LogP contribution is -2.59. The average molecular weight is 407 g/mol. The molecule has 1 saturated heterocycles. The third-order valence-electron chi connectivity index (χ3n) is 6.22. The van der Waals surface area contributed by atoms with Crippen LogP contribution < -0.4 is 4.72 Å². The van der Waals surface area contributed by atoms with Gasteiger partial charge >= 0.3 is 0 Å². The summed E-state index contributed by atoms with van der Waals surface area (Å²) in [4.78, 5) is 14.6. The number of hydrogen-bond donors (Lipinski definition) is 1. The number of ether oxygens (including phenoxy) is 1. The lowest BCUT2D eigenvalue weighted by molar-refractivity contribution is -0.140. The van der Waals surface area contributed by atoms with Gasteiger partial charge in [-0.25, -0.2) is 13.1 Å². The number of nitrogens with one attached hydrogen (secondary N) is 1. The number of hydrogen-bond acceptors (Lipinski definition) is 4. The standard InChI is InChI=1S/C21H30N2O4S/c1-28(25,26)22-19-8-5-11-23(21(24)16-9-10-16)20(19)14-27-18-12-17(13-18)15-6-3-2-4-7-15/h2-4,6-7,16-20,22H,5,8-14H2,1H3/t17?,18?,19-,20-/m0/s1. The Morgan fingerprint density at radius 2 is 1.89 bits per heavy atom. The molecule has 2 saturated carbocycles. The summed E-state index contributed by atoms with van der Waals surface area (Å²) in [6, 6.07) is 9.99. The maximum atomic E-state index is 12.7. The summed E-state index contributed by atoms with van der Waals surface area (Å²) in [5.41, 5.74) is 1.35. The molecule has 3 fully saturated rings. The first-order chi connectivity index (χ1) is 13.4. The summed E-state index contributed by atoms with van der Waals surface area (Å²) in [6.45, 7) is 1.10. The molecule has 2 aliphatic carbocycles. The van der Waals surface area contributed by atoms with Crippen molar-refractivity contribution in [3.05, 3.63) is 35.9 Å². The minimum absolute atomic E-state index is 0.130. The van der Waals surface area contributed by atoms with Gasteiger partial charge in [0, 0.05) is 18.5 Å². The number of sulfonamides is 1. The van der Waals surface area contributed by atoms with Crippen LogP contribution in [0.3, 0.4) is 0 Å². The highest BCUT2D eigenvalue weighted by Crippen LogP contribution is 2.39. The van der Waals surface area contributed by atoms with Crippen LogP contribution in [0.5, 0.6) is 0 Å². The van der Waals surface area contributed by atoms with E-state index in [-0.39, 0.29) is 30.0 Å². The van der Waals surface area contributed by atoms with Crippen LogP contribution in [0.2, 0.25) is 0 Å². The monoisotopic (exact) mass is 406 g/mol. The number of rotatable bonds is 7. The molecule has 0 aromatic heterocycles. The van der Waals surface area contributed by atoms with Gasteiger partial charge in [0.2, 0.25) is 15.9 Å². The largest absolute Gasteiger partial charge is 0.376 e. The van der Waals surface area contributed by atoms with E-state index in [2.05, 4.69) is 29.0 Å². The van der Waals surface area contributed by atoms with Crippen LogP contribution in [-0.2, 0) is 19.6 Å². The molecular formula is C21H30N2O4S. The Labute approximate surface area is 167 Å². The van der Waals surface area contributed by atoms with Crippen molar-refractivity contribution in [2.45, 2.75) is 62.6 Å². The topological polar surface area (TPSA) is 75.7 Å². The Balaban J connectivity index is 1.37. The highest BCUT2D eigenvalue weighted by atomic mass is 32.2. The van der Waals surface area contributed by atoms with Crippen LogP contribution in [0.4, 0.5) is 0 Å². The Bertz CT molecular complexity index is 788. The molecular weight excluding hydrogens is 376 g/mol. The van der Waals surface area contributed by atoms with Crippen LogP contribution in [0.15, 0.2) is 30.3 Å². The van der Waals surface area contributed by atoms with Gasteiger partial charge in [-0.3, -0.25) is 4.79 Å². The summed E-state index contributed by atoms with van der Waals surface area (Å²) in [5, 5.41) is 0. The van der Waals surface area contributed by atoms with Crippen molar-refractivity contribution >= 4 is 15.9 Å². The molecule has 0 bridgehead atoms. The summed E-state index contributed by atoms with van der Waals surface area (Å²) in [7, 11) is -3.33. The van der Waals surface area contributed by atoms with Crippen LogP contribution >= 0.6 is 0 Å². The molecule has 1 aliphatic heterocycles. The van der Waals surface area contributed by atoms with Crippen LogP contribution in [-0.4, -0.2) is 56.8 Å². The van der Waals surface area contributed by atoms with E-state index in [9.17, 15) is 13.2 Å². The zero-order valence-corrected chi connectivity index (χ0v) is 17.2. The Kier molecular flexibility index (Phi) is 5.76. The van der Waals surface area contributed by atoms with Gasteiger partial charge in [0.1, 0.15) is 0 Å². The zero-order chi connectivity index (χ0) is 19.7. The number of carbonyl (C=O) groups is 1. The second kappa shape index (κ2) is 8.13. The summed E-state index contributed by atoms with van der Waals surface area (Å²) in [5.74, 6) is 0.835. The molecule has 1 aromatic rings. The van der Waals surface area contributed by atoms with Crippen molar-refractivity contribution in [2.24, 2.45) is 5.92 Å². The van der Waals surface area contributed by atoms with Gasteiger partial charge in [0.25, 0.3) is 0 Å². The van der Waals surface area contributed by atoms with Crippen LogP contribution in [0, 0.1) is 5.92 Å². The molecule has 154 valence electrons. The summed E-state index contributed by atoms with van der Waals surface area (Å²) < 4.78 is 32.5. The Hall–Kier alpha value is -1.44. The lowest BCUT2D eigenvalue weighted by atomic mass is 9.77. The molecule has 4 rings (SSSR count). The highest BCUT2D eigenvalue weighted by molar-refractivity contribution is 7.88. The lowest BCUT2D eigenvalue weighted by Gasteiger charge is -2.43. The first-order valence-electron chi connectivity index (χ1n) is 10.3. The quantitative estimate of drug-likeness (QED) is 0.754. The van der Waals surface area contributed by atoms with Gasteiger partial charge in [-0.15, -0.1) is 0 Å². The smallest absolute Gasteiger partial charge is 0.226 e. The molecule has 1 amide bonds. The van der Waals surface area contributed by atoms with E-state index in [0.29, 0.717) is 19.1 Å². The normalized spacial score (nSPS) is 30.7. The molecule has 0 radical (unpaired) electrons. The molecule has 1 heterocycles. The third kappa shape index (κ3) is 4.75. The zero-order valence-electron chi connectivity index (χ0n) is 16.4. The first kappa shape index (κ1) is 19.9. The van der Waals surface area contributed by atoms with Gasteiger partial charge in [-0.1, -0.05) is 30.3 Å². The maximum Gasteiger partial charge on any atom is 0.226 e. The molecule has 7 heteroatoms. The molecule has 0 spiro atoms. The van der Waals surface area contributed by atoms with Crippen molar-refractivity contribution in [2.75, 3.05) is 19.4 Å². The molecule has 0 unspecified atom stereocenters. The van der Waals surface area contributed by atoms with E-state index in [1.807, 2.05) is 11.0 Å². The van der Waals surface area contributed by atoms with Gasteiger partial charge in [-0.05, 0) is 50.0 Å². The molecule has 1 N–H and O–H groups in total. The first-order valence-corrected chi connectivity index (χ1v) is 12.2. The number of benzene rings is 1. The predicted molar refractivity (Wildman–Crippen MR) is 107 cm³/mol. The van der Waals surface area contributed by atoms with Crippen molar-refractivity contribution in [3.63, 3.8) is 0 Å².